The van der Waals surface area contributed by atoms with Gasteiger partial charge in [-0.1, -0.05) is 165 Å². The molecule has 0 N–H and O–H groups in total. The van der Waals surface area contributed by atoms with Crippen molar-refractivity contribution in [3.8, 4) is 68.8 Å². The maximum atomic E-state index is 6.24. The number of ether oxygens (including phenoxy) is 4. The summed E-state index contributed by atoms with van der Waals surface area (Å²) in [5.74, 6) is 4.96. The number of rotatable bonds is 32. The maximum Gasteiger partial charge on any atom is 0.248 e. The quantitative estimate of drug-likeness (QED) is 0.0298. The Bertz CT molecular complexity index is 2520. The molecule has 0 aliphatic heterocycles. The number of hydrogen-bond donors (Lipinski definition) is 0. The second-order valence-corrected chi connectivity index (χ2v) is 18.4. The first kappa shape index (κ1) is 52.9. The molecule has 0 fully saturated rings. The van der Waals surface area contributed by atoms with E-state index in [1.165, 1.54) is 77.0 Å². The van der Waals surface area contributed by atoms with Gasteiger partial charge in [-0.3, -0.25) is 0 Å². The van der Waals surface area contributed by atoms with Crippen LogP contribution in [-0.4, -0.2) is 46.8 Å². The molecule has 0 saturated heterocycles. The van der Waals surface area contributed by atoms with Crippen molar-refractivity contribution in [2.45, 2.75) is 130 Å². The van der Waals surface area contributed by atoms with Crippen LogP contribution in [0.3, 0.4) is 0 Å². The molecule has 0 bridgehead atoms. The topological polar surface area (TPSA) is 115 Å². The van der Waals surface area contributed by atoms with Crippen LogP contribution < -0.4 is 18.9 Å². The van der Waals surface area contributed by atoms with Crippen molar-refractivity contribution in [3.63, 3.8) is 0 Å². The van der Waals surface area contributed by atoms with Gasteiger partial charge in [-0.2, -0.15) is 0 Å². The highest BCUT2D eigenvalue weighted by Gasteiger charge is 2.15. The molecule has 0 radical (unpaired) electrons. The van der Waals surface area contributed by atoms with E-state index in [1.54, 1.807) is 0 Å². The van der Waals surface area contributed by atoms with Gasteiger partial charge in [-0.25, -0.2) is 0 Å². The summed E-state index contributed by atoms with van der Waals surface area (Å²) in [4.78, 5) is 0. The predicted octanol–water partition coefficient (Wildman–Crippen LogP) is 17.3. The van der Waals surface area contributed by atoms with Gasteiger partial charge in [0.2, 0.25) is 23.6 Å². The molecule has 10 nitrogen and oxygen atoms in total. The number of nitrogens with zero attached hydrogens (tertiary/aromatic N) is 4. The number of aromatic nitrogens is 4. The zero-order chi connectivity index (χ0) is 50.0. The van der Waals surface area contributed by atoms with Gasteiger partial charge >= 0.3 is 0 Å². The summed E-state index contributed by atoms with van der Waals surface area (Å²) in [7, 11) is 0. The van der Waals surface area contributed by atoms with E-state index in [1.807, 2.05) is 84.9 Å². The summed E-state index contributed by atoms with van der Waals surface area (Å²) < 4.78 is 37.1. The Balaban J connectivity index is 0.925. The van der Waals surface area contributed by atoms with Crippen molar-refractivity contribution < 1.29 is 27.8 Å². The molecule has 0 unspecified atom stereocenters. The van der Waals surface area contributed by atoms with E-state index in [2.05, 4.69) is 96.7 Å². The second-order valence-electron chi connectivity index (χ2n) is 18.4. The molecule has 2 heterocycles. The molecule has 10 heteroatoms. The number of hydrogen-bond acceptors (Lipinski definition) is 10. The Morgan fingerprint density at radius 2 is 0.569 bits per heavy atom. The summed E-state index contributed by atoms with van der Waals surface area (Å²) in [5, 5.41) is 17.4. The summed E-state index contributed by atoms with van der Waals surface area (Å²) >= 11 is 0. The Hall–Kier alpha value is -6.94. The third-order valence-corrected chi connectivity index (χ3v) is 12.4. The minimum absolute atomic E-state index is 0.420. The van der Waals surface area contributed by atoms with Crippen LogP contribution in [0, 0.1) is 0 Å². The SMILES string of the molecule is CCCCCCOc1ccc(/C=C/c2ccc(-c3nnc(-c4ccc(-c5nnc(-c6ccc(/C=C/c7ccc(OCCCCCC)c(OCCCCCC)c7)cc6)o5)cc4)o3)cc2)cc1OCCCCCC. The highest BCUT2D eigenvalue weighted by atomic mass is 16.5. The Kier molecular flexibility index (Phi) is 21.6. The van der Waals surface area contributed by atoms with Crippen LogP contribution in [0.25, 0.3) is 70.1 Å². The standard InChI is InChI=1S/C62H74N4O6/c1-5-9-13-17-41-67-55-39-29-49(45-57(55)69-43-19-15-11-7-3)23-21-47-25-31-51(32-26-47)59-63-65-61(71-59)53-35-37-54(38-36-53)62-66-64-60(72-62)52-33-27-48(28-34-52)22-24-50-30-40-56(68-42-18-14-10-6-2)58(46-50)70-44-20-16-12-8-4/h21-40,45-46H,5-20,41-44H2,1-4H3/b23-21+,24-22+. The third-order valence-electron chi connectivity index (χ3n) is 12.4. The molecule has 7 rings (SSSR count). The largest absolute Gasteiger partial charge is 0.490 e. The van der Waals surface area contributed by atoms with Crippen LogP contribution in [0.2, 0.25) is 0 Å². The molecule has 72 heavy (non-hydrogen) atoms. The predicted molar refractivity (Wildman–Crippen MR) is 293 cm³/mol. The highest BCUT2D eigenvalue weighted by molar-refractivity contribution is 5.74. The van der Waals surface area contributed by atoms with Gasteiger partial charge in [-0.15, -0.1) is 20.4 Å². The molecule has 378 valence electrons. The van der Waals surface area contributed by atoms with Crippen LogP contribution in [0.4, 0.5) is 0 Å². The molecule has 2 aromatic heterocycles. The Labute approximate surface area is 427 Å². The van der Waals surface area contributed by atoms with E-state index >= 15 is 0 Å². The first-order valence-electron chi connectivity index (χ1n) is 26.7. The van der Waals surface area contributed by atoms with E-state index in [0.717, 1.165) is 93.2 Å². The van der Waals surface area contributed by atoms with Crippen molar-refractivity contribution in [3.05, 3.63) is 131 Å². The van der Waals surface area contributed by atoms with Crippen LogP contribution in [0.5, 0.6) is 23.0 Å². The number of unbranched alkanes of at least 4 members (excludes halogenated alkanes) is 12. The van der Waals surface area contributed by atoms with Gasteiger partial charge in [0, 0.05) is 22.3 Å². The summed E-state index contributed by atoms with van der Waals surface area (Å²) in [6.45, 7) is 11.7. The van der Waals surface area contributed by atoms with Crippen molar-refractivity contribution in [2.75, 3.05) is 26.4 Å². The van der Waals surface area contributed by atoms with E-state index in [4.69, 9.17) is 27.8 Å². The van der Waals surface area contributed by atoms with E-state index in [0.29, 0.717) is 50.0 Å². The molecule has 0 spiro atoms. The smallest absolute Gasteiger partial charge is 0.248 e. The van der Waals surface area contributed by atoms with Gasteiger partial charge in [-0.05, 0) is 121 Å². The van der Waals surface area contributed by atoms with Gasteiger partial charge in [0.1, 0.15) is 0 Å². The molecule has 0 atom stereocenters. The van der Waals surface area contributed by atoms with Crippen molar-refractivity contribution in [1.82, 2.24) is 20.4 Å². The van der Waals surface area contributed by atoms with Gasteiger partial charge < -0.3 is 27.8 Å². The lowest BCUT2D eigenvalue weighted by molar-refractivity contribution is 0.259. The minimum Gasteiger partial charge on any atom is -0.490 e. The average Bonchev–Trinajstić information content (AvgIpc) is 4.13. The Morgan fingerprint density at radius 3 is 0.875 bits per heavy atom. The molecule has 0 saturated carbocycles. The fourth-order valence-electron chi connectivity index (χ4n) is 8.09. The maximum absolute atomic E-state index is 6.24. The van der Waals surface area contributed by atoms with E-state index in [-0.39, 0.29) is 0 Å². The van der Waals surface area contributed by atoms with Crippen molar-refractivity contribution >= 4 is 24.3 Å². The van der Waals surface area contributed by atoms with Crippen LogP contribution in [0.15, 0.2) is 118 Å². The van der Waals surface area contributed by atoms with Crippen LogP contribution in [0.1, 0.15) is 153 Å². The highest BCUT2D eigenvalue weighted by Crippen LogP contribution is 2.33. The average molecular weight is 971 g/mol. The van der Waals surface area contributed by atoms with Crippen molar-refractivity contribution in [1.29, 1.82) is 0 Å². The summed E-state index contributed by atoms with van der Waals surface area (Å²) in [6, 6.07) is 36.2. The lowest BCUT2D eigenvalue weighted by atomic mass is 10.1. The molecule has 7 aromatic rings. The van der Waals surface area contributed by atoms with Gasteiger partial charge in [0.05, 0.1) is 26.4 Å². The number of benzene rings is 5. The first-order valence-corrected chi connectivity index (χ1v) is 26.7. The zero-order valence-electron chi connectivity index (χ0n) is 43.1. The third kappa shape index (κ3) is 16.6. The second kappa shape index (κ2) is 29.4. The lowest BCUT2D eigenvalue weighted by Crippen LogP contribution is -2.03. The fraction of sp³-hybridized carbons (Fsp3) is 0.387. The van der Waals surface area contributed by atoms with Crippen LogP contribution >= 0.6 is 0 Å². The first-order chi connectivity index (χ1) is 35.5. The van der Waals surface area contributed by atoms with Gasteiger partial charge in [0.25, 0.3) is 0 Å². The van der Waals surface area contributed by atoms with Gasteiger partial charge in [0.15, 0.2) is 23.0 Å². The van der Waals surface area contributed by atoms with E-state index in [9.17, 15) is 0 Å². The zero-order valence-corrected chi connectivity index (χ0v) is 43.1. The molecule has 0 amide bonds. The van der Waals surface area contributed by atoms with Crippen LogP contribution in [-0.2, 0) is 0 Å². The fourth-order valence-corrected chi connectivity index (χ4v) is 8.09. The molecular formula is C62H74N4O6. The van der Waals surface area contributed by atoms with Crippen molar-refractivity contribution in [2.24, 2.45) is 0 Å². The monoisotopic (exact) mass is 971 g/mol. The normalized spacial score (nSPS) is 11.5. The Morgan fingerprint density at radius 1 is 0.306 bits per heavy atom. The molecule has 0 aliphatic carbocycles. The van der Waals surface area contributed by atoms with E-state index < -0.39 is 0 Å². The molecule has 0 aliphatic rings. The molecular weight excluding hydrogens is 897 g/mol. The molecule has 5 aromatic carbocycles. The summed E-state index contributed by atoms with van der Waals surface area (Å²) in [5.41, 5.74) is 7.43. The summed E-state index contributed by atoms with van der Waals surface area (Å²) in [6.07, 6.45) is 27.0. The minimum atomic E-state index is 0.420. The lowest BCUT2D eigenvalue weighted by Gasteiger charge is -2.14.